The van der Waals surface area contributed by atoms with Crippen molar-refractivity contribution in [3.8, 4) is 5.75 Å². The van der Waals surface area contributed by atoms with Crippen LogP contribution in [0.5, 0.6) is 5.75 Å². The normalized spacial score (nSPS) is 15.0. The maximum absolute atomic E-state index is 12.6. The van der Waals surface area contributed by atoms with E-state index in [0.717, 1.165) is 18.7 Å². The van der Waals surface area contributed by atoms with Crippen molar-refractivity contribution in [2.45, 2.75) is 71.8 Å². The van der Waals surface area contributed by atoms with Crippen molar-refractivity contribution in [1.82, 2.24) is 20.2 Å². The average molecular weight is 578 g/mol. The average Bonchev–Trinajstić information content (AvgIpc) is 2.81. The van der Waals surface area contributed by atoms with E-state index in [9.17, 15) is 8.42 Å². The molecule has 1 aliphatic rings. The van der Waals surface area contributed by atoms with E-state index < -0.39 is 20.1 Å². The summed E-state index contributed by atoms with van der Waals surface area (Å²) in [5.74, 6) is 1.54. The van der Waals surface area contributed by atoms with Gasteiger partial charge in [0.05, 0.1) is 28.9 Å². The lowest BCUT2D eigenvalue weighted by atomic mass is 9.87. The molecule has 1 aromatic carbocycles. The van der Waals surface area contributed by atoms with Crippen LogP contribution in [0.2, 0.25) is 5.02 Å². The zero-order valence-corrected chi connectivity index (χ0v) is 25.5. The molecule has 2 heterocycles. The number of aryl methyl sites for hydroxylation is 1. The molecule has 1 fully saturated rings. The van der Waals surface area contributed by atoms with Gasteiger partial charge in [0.25, 0.3) is 0 Å². The van der Waals surface area contributed by atoms with Crippen LogP contribution in [-0.2, 0) is 9.84 Å². The van der Waals surface area contributed by atoms with Gasteiger partial charge in [0.15, 0.2) is 20.7 Å². The van der Waals surface area contributed by atoms with Crippen molar-refractivity contribution in [2.75, 3.05) is 30.8 Å². The van der Waals surface area contributed by atoms with Gasteiger partial charge in [0.1, 0.15) is 10.8 Å². The predicted molar refractivity (Wildman–Crippen MR) is 159 cm³/mol. The Hall–Kier alpha value is -2.89. The molecular formula is C27H40ClN7O3S. The van der Waals surface area contributed by atoms with Crippen LogP contribution in [0.1, 0.15) is 58.6 Å². The first-order chi connectivity index (χ1) is 18.2. The first-order valence-electron chi connectivity index (χ1n) is 13.1. The number of anilines is 3. The second-order valence-electron chi connectivity index (χ2n) is 10.5. The quantitative estimate of drug-likeness (QED) is 0.214. The van der Waals surface area contributed by atoms with Crippen molar-refractivity contribution < 1.29 is 13.2 Å². The zero-order valence-electron chi connectivity index (χ0n) is 23.9. The molecule has 39 heavy (non-hydrogen) atoms. The van der Waals surface area contributed by atoms with Crippen molar-refractivity contribution in [2.24, 2.45) is 0 Å². The van der Waals surface area contributed by atoms with Gasteiger partial charge in [-0.1, -0.05) is 11.6 Å². The first-order valence-corrected chi connectivity index (χ1v) is 15.0. The number of rotatable bonds is 11. The Balaban J connectivity index is 1.91. The molecule has 0 saturated carbocycles. The minimum Gasteiger partial charge on any atom is -0.489 e. The van der Waals surface area contributed by atoms with E-state index >= 15 is 0 Å². The highest BCUT2D eigenvalue weighted by Crippen LogP contribution is 2.38. The van der Waals surface area contributed by atoms with Crippen molar-refractivity contribution in [3.63, 3.8) is 0 Å². The molecule has 0 atom stereocenters. The maximum Gasteiger partial charge on any atom is 0.229 e. The molecule has 0 amide bonds. The molecule has 10 nitrogen and oxygen atoms in total. The number of benzene rings is 1. The standard InChI is InChI=1S/C27H40ClN7O3S/c1-15(2)35-13-19(14-35)20-10-24(38-16(3)4)22(9-18(20)7)33-27-31-11-21(28)26(34-27)32-23(12-30-8)25(29)39(36,37)17(5)6/h9-12,15-17,19,29-30H,13-14H2,1-8H3,(H2,31,32,33,34)/b23-12+,29-25?. The third-order valence-electron chi connectivity index (χ3n) is 6.49. The summed E-state index contributed by atoms with van der Waals surface area (Å²) in [7, 11) is -2.23. The van der Waals surface area contributed by atoms with E-state index in [-0.39, 0.29) is 28.6 Å². The van der Waals surface area contributed by atoms with Crippen molar-refractivity contribution >= 4 is 43.9 Å². The third kappa shape index (κ3) is 7.20. The Bertz CT molecular complexity index is 1340. The Kier molecular flexibility index (Phi) is 9.84. The lowest BCUT2D eigenvalue weighted by molar-refractivity contribution is 0.109. The van der Waals surface area contributed by atoms with Gasteiger partial charge in [-0.15, -0.1) is 0 Å². The SMILES string of the molecule is CN/C=C(/Nc1nc(Nc2cc(C)c(C3CN(C(C)C)C3)cc2OC(C)C)ncc1Cl)C(=N)S(=O)(=O)C(C)C. The minimum absolute atomic E-state index is 0.0118. The molecule has 1 aromatic heterocycles. The largest absolute Gasteiger partial charge is 0.489 e. The number of nitrogens with zero attached hydrogens (tertiary/aromatic N) is 3. The second-order valence-corrected chi connectivity index (χ2v) is 13.4. The highest BCUT2D eigenvalue weighted by Gasteiger charge is 2.31. The van der Waals surface area contributed by atoms with Crippen LogP contribution < -0.4 is 20.7 Å². The van der Waals surface area contributed by atoms with Crippen LogP contribution in [0.15, 0.2) is 30.2 Å². The van der Waals surface area contributed by atoms with Gasteiger partial charge < -0.3 is 20.7 Å². The van der Waals surface area contributed by atoms with Crippen LogP contribution in [-0.4, -0.2) is 65.9 Å². The fourth-order valence-electron chi connectivity index (χ4n) is 4.18. The van der Waals surface area contributed by atoms with Crippen molar-refractivity contribution in [3.05, 3.63) is 46.4 Å². The Labute approximate surface area is 237 Å². The molecule has 1 aliphatic heterocycles. The number of halogens is 1. The van der Waals surface area contributed by atoms with Gasteiger partial charge in [-0.2, -0.15) is 4.98 Å². The summed E-state index contributed by atoms with van der Waals surface area (Å²) in [5, 5.41) is 16.0. The van der Waals surface area contributed by atoms with Gasteiger partial charge in [-0.05, 0) is 71.7 Å². The minimum atomic E-state index is -3.84. The predicted octanol–water partition coefficient (Wildman–Crippen LogP) is 5.05. The fraction of sp³-hybridized carbons (Fsp3) is 0.519. The number of sulfone groups is 1. The van der Waals surface area contributed by atoms with Gasteiger partial charge in [0.2, 0.25) is 5.95 Å². The van der Waals surface area contributed by atoms with Gasteiger partial charge >= 0.3 is 0 Å². The first kappa shape index (κ1) is 30.6. The number of ether oxygens (including phenoxy) is 1. The molecule has 1 saturated heterocycles. The molecule has 214 valence electrons. The lowest BCUT2D eigenvalue weighted by Gasteiger charge is -2.43. The van der Waals surface area contributed by atoms with Crippen LogP contribution in [0, 0.1) is 12.3 Å². The fourth-order valence-corrected chi connectivity index (χ4v) is 5.20. The van der Waals surface area contributed by atoms with Crippen LogP contribution in [0.3, 0.4) is 0 Å². The second kappa shape index (κ2) is 12.5. The Morgan fingerprint density at radius 3 is 2.44 bits per heavy atom. The van der Waals surface area contributed by atoms with E-state index in [1.807, 2.05) is 19.9 Å². The summed E-state index contributed by atoms with van der Waals surface area (Å²) in [4.78, 5) is 11.2. The monoisotopic (exact) mass is 577 g/mol. The van der Waals surface area contributed by atoms with Gasteiger partial charge in [-0.25, -0.2) is 13.4 Å². The molecule has 0 bridgehead atoms. The third-order valence-corrected chi connectivity index (χ3v) is 8.80. The Morgan fingerprint density at radius 1 is 1.21 bits per heavy atom. The van der Waals surface area contributed by atoms with Gasteiger partial charge in [-0.3, -0.25) is 10.3 Å². The topological polar surface area (TPSA) is 132 Å². The molecule has 12 heteroatoms. The maximum atomic E-state index is 12.6. The number of nitrogens with one attached hydrogen (secondary N) is 4. The molecule has 4 N–H and O–H groups in total. The lowest BCUT2D eigenvalue weighted by Crippen LogP contribution is -2.48. The summed E-state index contributed by atoms with van der Waals surface area (Å²) in [6.45, 7) is 15.5. The number of likely N-dealkylation sites (tertiary alicyclic amines) is 1. The highest BCUT2D eigenvalue weighted by atomic mass is 35.5. The van der Waals surface area contributed by atoms with Gasteiger partial charge in [0, 0.05) is 38.3 Å². The molecule has 0 aliphatic carbocycles. The molecular weight excluding hydrogens is 538 g/mol. The van der Waals surface area contributed by atoms with E-state index in [0.29, 0.717) is 23.4 Å². The van der Waals surface area contributed by atoms with E-state index in [2.05, 4.69) is 57.7 Å². The van der Waals surface area contributed by atoms with Crippen LogP contribution in [0.4, 0.5) is 17.5 Å². The summed E-state index contributed by atoms with van der Waals surface area (Å²) >= 11 is 6.35. The van der Waals surface area contributed by atoms with Crippen molar-refractivity contribution in [1.29, 1.82) is 5.41 Å². The molecule has 0 radical (unpaired) electrons. The zero-order chi connectivity index (χ0) is 29.1. The summed E-state index contributed by atoms with van der Waals surface area (Å²) in [6, 6.07) is 4.66. The molecule has 2 aromatic rings. The summed E-state index contributed by atoms with van der Waals surface area (Å²) in [6.07, 6.45) is 2.75. The number of aromatic nitrogens is 2. The summed E-state index contributed by atoms with van der Waals surface area (Å²) < 4.78 is 31.4. The van der Waals surface area contributed by atoms with Crippen LogP contribution in [0.25, 0.3) is 0 Å². The Morgan fingerprint density at radius 2 is 1.87 bits per heavy atom. The molecule has 3 rings (SSSR count). The molecule has 0 spiro atoms. The highest BCUT2D eigenvalue weighted by molar-refractivity contribution is 8.07. The van der Waals surface area contributed by atoms with E-state index in [1.54, 1.807) is 7.05 Å². The smallest absolute Gasteiger partial charge is 0.229 e. The van der Waals surface area contributed by atoms with E-state index in [1.165, 1.54) is 31.8 Å². The molecule has 0 unspecified atom stereocenters. The number of hydrogen-bond donors (Lipinski definition) is 4. The number of hydrogen-bond acceptors (Lipinski definition) is 10. The van der Waals surface area contributed by atoms with Crippen LogP contribution >= 0.6 is 11.6 Å². The van der Waals surface area contributed by atoms with E-state index in [4.69, 9.17) is 21.7 Å². The summed E-state index contributed by atoms with van der Waals surface area (Å²) in [5.41, 5.74) is 3.12.